The molecule has 0 radical (unpaired) electrons. The van der Waals surface area contributed by atoms with E-state index < -0.39 is 0 Å². The summed E-state index contributed by atoms with van der Waals surface area (Å²) in [5.41, 5.74) is 1.13. The van der Waals surface area contributed by atoms with E-state index in [2.05, 4.69) is 12.2 Å². The summed E-state index contributed by atoms with van der Waals surface area (Å²) in [4.78, 5) is 0. The number of rotatable bonds is 3. The molecule has 1 N–H and O–H groups in total. The summed E-state index contributed by atoms with van der Waals surface area (Å²) in [6, 6.07) is 7.89. The number of benzene rings is 1. The van der Waals surface area contributed by atoms with Gasteiger partial charge in [0.2, 0.25) is 0 Å². The topological polar surface area (TPSA) is 21.3 Å². The average molecular weight is 181 g/mol. The molecule has 0 amide bonds. The summed E-state index contributed by atoms with van der Waals surface area (Å²) in [5, 5.41) is 3.20. The predicted molar refractivity (Wildman–Crippen MR) is 58.5 cm³/mol. The van der Waals surface area contributed by atoms with Crippen LogP contribution in [0.5, 0.6) is 5.75 Å². The molecule has 0 aliphatic carbocycles. The summed E-state index contributed by atoms with van der Waals surface area (Å²) in [6.45, 7) is 7.02. The lowest BCUT2D eigenvalue weighted by molar-refractivity contribution is 0.415. The molecular formula is C11H19NO. The van der Waals surface area contributed by atoms with E-state index in [1.807, 2.05) is 38.1 Å². The van der Waals surface area contributed by atoms with E-state index in [-0.39, 0.29) is 0 Å². The molecule has 2 heteroatoms. The smallest absolute Gasteiger partial charge is 0.119 e. The Bertz CT molecular complexity index is 206. The number of ether oxygens (including phenoxy) is 1. The third-order valence-corrected chi connectivity index (χ3v) is 1.47. The fourth-order valence-electron chi connectivity index (χ4n) is 0.913. The van der Waals surface area contributed by atoms with Crippen molar-refractivity contribution in [3.8, 4) is 5.75 Å². The Morgan fingerprint density at radius 1 is 1.15 bits per heavy atom. The molecule has 0 bridgehead atoms. The molecule has 1 aromatic rings. The molecule has 0 aliphatic rings. The third kappa shape index (κ3) is 4.41. The molecule has 0 spiro atoms. The van der Waals surface area contributed by atoms with Gasteiger partial charge in [0.15, 0.2) is 0 Å². The second-order valence-corrected chi connectivity index (χ2v) is 2.26. The fraction of sp³-hybridized carbons (Fsp3) is 0.455. The monoisotopic (exact) mass is 181 g/mol. The van der Waals surface area contributed by atoms with Crippen molar-refractivity contribution in [1.82, 2.24) is 0 Å². The molecular weight excluding hydrogens is 162 g/mol. The van der Waals surface area contributed by atoms with Crippen LogP contribution >= 0.6 is 0 Å². The van der Waals surface area contributed by atoms with Crippen molar-refractivity contribution >= 4 is 5.69 Å². The Labute approximate surface area is 80.9 Å². The minimum absolute atomic E-state index is 0.895. The summed E-state index contributed by atoms with van der Waals surface area (Å²) < 4.78 is 5.02. The van der Waals surface area contributed by atoms with Gasteiger partial charge in [0.05, 0.1) is 7.11 Å². The fourth-order valence-corrected chi connectivity index (χ4v) is 0.913. The first-order valence-corrected chi connectivity index (χ1v) is 4.74. The van der Waals surface area contributed by atoms with Crippen LogP contribution in [0.3, 0.4) is 0 Å². The zero-order valence-corrected chi connectivity index (χ0v) is 8.92. The van der Waals surface area contributed by atoms with Gasteiger partial charge < -0.3 is 10.1 Å². The van der Waals surface area contributed by atoms with Crippen LogP contribution in [0, 0.1) is 0 Å². The van der Waals surface area contributed by atoms with Crippen LogP contribution in [0.1, 0.15) is 20.8 Å². The van der Waals surface area contributed by atoms with Crippen molar-refractivity contribution in [2.24, 2.45) is 0 Å². The highest BCUT2D eigenvalue weighted by atomic mass is 16.5. The van der Waals surface area contributed by atoms with Gasteiger partial charge in [-0.2, -0.15) is 0 Å². The van der Waals surface area contributed by atoms with Crippen LogP contribution in [0.2, 0.25) is 0 Å². The van der Waals surface area contributed by atoms with Crippen molar-refractivity contribution in [2.45, 2.75) is 20.8 Å². The number of hydrogen-bond donors (Lipinski definition) is 1. The first kappa shape index (κ1) is 11.8. The van der Waals surface area contributed by atoms with E-state index in [1.165, 1.54) is 0 Å². The Morgan fingerprint density at radius 3 is 2.08 bits per heavy atom. The number of nitrogens with one attached hydrogen (secondary N) is 1. The Balaban J connectivity index is 0.000000671. The van der Waals surface area contributed by atoms with E-state index in [1.54, 1.807) is 7.11 Å². The van der Waals surface area contributed by atoms with E-state index in [4.69, 9.17) is 4.74 Å². The third-order valence-electron chi connectivity index (χ3n) is 1.47. The first-order valence-electron chi connectivity index (χ1n) is 4.74. The maximum absolute atomic E-state index is 5.02. The number of anilines is 1. The zero-order chi connectivity index (χ0) is 10.1. The zero-order valence-electron chi connectivity index (χ0n) is 8.92. The molecule has 0 saturated heterocycles. The Hall–Kier alpha value is -1.18. The second kappa shape index (κ2) is 7.47. The quantitative estimate of drug-likeness (QED) is 0.773. The van der Waals surface area contributed by atoms with Crippen molar-refractivity contribution in [3.05, 3.63) is 24.3 Å². The Kier molecular flexibility index (Phi) is 6.79. The summed E-state index contributed by atoms with van der Waals surface area (Å²) in [5.74, 6) is 0.895. The van der Waals surface area contributed by atoms with Crippen molar-refractivity contribution in [3.63, 3.8) is 0 Å². The lowest BCUT2D eigenvalue weighted by atomic mass is 10.3. The molecule has 1 aromatic carbocycles. The van der Waals surface area contributed by atoms with Crippen LogP contribution in [0.4, 0.5) is 5.69 Å². The van der Waals surface area contributed by atoms with Gasteiger partial charge >= 0.3 is 0 Å². The van der Waals surface area contributed by atoms with Gasteiger partial charge in [-0.05, 0) is 31.2 Å². The Morgan fingerprint density at radius 2 is 1.69 bits per heavy atom. The summed E-state index contributed by atoms with van der Waals surface area (Å²) in [6.07, 6.45) is 0. The molecule has 0 aliphatic heterocycles. The van der Waals surface area contributed by atoms with Gasteiger partial charge in [-0.1, -0.05) is 13.8 Å². The largest absolute Gasteiger partial charge is 0.497 e. The van der Waals surface area contributed by atoms with Crippen molar-refractivity contribution < 1.29 is 4.74 Å². The molecule has 0 fully saturated rings. The van der Waals surface area contributed by atoms with Gasteiger partial charge in [-0.15, -0.1) is 0 Å². The van der Waals surface area contributed by atoms with Crippen molar-refractivity contribution in [1.29, 1.82) is 0 Å². The minimum atomic E-state index is 0.895. The maximum Gasteiger partial charge on any atom is 0.119 e. The maximum atomic E-state index is 5.02. The van der Waals surface area contributed by atoms with Gasteiger partial charge in [-0.25, -0.2) is 0 Å². The normalized spacial score (nSPS) is 8.31. The lowest BCUT2D eigenvalue weighted by Gasteiger charge is -2.03. The summed E-state index contributed by atoms with van der Waals surface area (Å²) in [7, 11) is 1.67. The molecule has 2 nitrogen and oxygen atoms in total. The van der Waals surface area contributed by atoms with E-state index in [9.17, 15) is 0 Å². The molecule has 0 saturated carbocycles. The SMILES string of the molecule is CC.CCNc1ccc(OC)cc1. The number of hydrogen-bond acceptors (Lipinski definition) is 2. The molecule has 0 aromatic heterocycles. The van der Waals surface area contributed by atoms with Crippen LogP contribution in [0.25, 0.3) is 0 Å². The molecule has 13 heavy (non-hydrogen) atoms. The highest BCUT2D eigenvalue weighted by molar-refractivity contribution is 5.46. The standard InChI is InChI=1S/C9H13NO.C2H6/c1-3-10-8-4-6-9(11-2)7-5-8;1-2/h4-7,10H,3H2,1-2H3;1-2H3. The van der Waals surface area contributed by atoms with Crippen molar-refractivity contribution in [2.75, 3.05) is 19.0 Å². The minimum Gasteiger partial charge on any atom is -0.497 e. The van der Waals surface area contributed by atoms with E-state index in [0.29, 0.717) is 0 Å². The highest BCUT2D eigenvalue weighted by Gasteiger charge is 1.89. The van der Waals surface area contributed by atoms with Crippen LogP contribution in [0.15, 0.2) is 24.3 Å². The predicted octanol–water partition coefficient (Wildman–Crippen LogP) is 3.15. The van der Waals surface area contributed by atoms with Gasteiger partial charge in [-0.3, -0.25) is 0 Å². The van der Waals surface area contributed by atoms with Gasteiger partial charge in [0, 0.05) is 12.2 Å². The molecule has 0 heterocycles. The molecule has 0 atom stereocenters. The highest BCUT2D eigenvalue weighted by Crippen LogP contribution is 2.14. The molecule has 0 unspecified atom stereocenters. The van der Waals surface area contributed by atoms with Crippen LogP contribution in [-0.2, 0) is 0 Å². The average Bonchev–Trinajstić information content (AvgIpc) is 2.23. The molecule has 1 rings (SSSR count). The second-order valence-electron chi connectivity index (χ2n) is 2.26. The van der Waals surface area contributed by atoms with Crippen LogP contribution in [-0.4, -0.2) is 13.7 Å². The van der Waals surface area contributed by atoms with E-state index >= 15 is 0 Å². The first-order chi connectivity index (χ1) is 6.36. The van der Waals surface area contributed by atoms with E-state index in [0.717, 1.165) is 18.0 Å². The van der Waals surface area contributed by atoms with Gasteiger partial charge in [0.25, 0.3) is 0 Å². The molecule has 74 valence electrons. The van der Waals surface area contributed by atoms with Gasteiger partial charge in [0.1, 0.15) is 5.75 Å². The van der Waals surface area contributed by atoms with Crippen LogP contribution < -0.4 is 10.1 Å². The summed E-state index contributed by atoms with van der Waals surface area (Å²) >= 11 is 0. The number of methoxy groups -OCH3 is 1. The lowest BCUT2D eigenvalue weighted by Crippen LogP contribution is -1.95.